The molecule has 0 saturated carbocycles. The van der Waals surface area contributed by atoms with Gasteiger partial charge in [0.05, 0.1) is 0 Å². The molecule has 1 aliphatic heterocycles. The zero-order valence-corrected chi connectivity index (χ0v) is 15.4. The maximum absolute atomic E-state index is 2.54. The average Bonchev–Trinajstić information content (AvgIpc) is 2.95. The van der Waals surface area contributed by atoms with Crippen LogP contribution in [0.15, 0.2) is 89.8 Å². The van der Waals surface area contributed by atoms with E-state index in [0.717, 1.165) is 18.8 Å². The average molecular weight is 346 g/mol. The zero-order chi connectivity index (χ0) is 17.1. The van der Waals surface area contributed by atoms with Crippen LogP contribution in [0.25, 0.3) is 0 Å². The van der Waals surface area contributed by atoms with Crippen LogP contribution in [0.5, 0.6) is 0 Å². The predicted octanol–water partition coefficient (Wildman–Crippen LogP) is 5.76. The van der Waals surface area contributed by atoms with Crippen molar-refractivity contribution in [1.29, 1.82) is 0 Å². The number of hydrogen-bond donors (Lipinski definition) is 0. The standard InChI is InChI=1S/C23H23NS/c1-23(18-25-20-12-6-3-7-13-20)17-24(16-19-10-4-2-5-11-19)22-15-9-8-14-21(22)23/h2-15H,16-18H2,1H3/t23-/m0/s1. The summed E-state index contributed by atoms with van der Waals surface area (Å²) in [5.74, 6) is 1.10. The summed E-state index contributed by atoms with van der Waals surface area (Å²) in [7, 11) is 0. The van der Waals surface area contributed by atoms with Gasteiger partial charge in [-0.3, -0.25) is 0 Å². The third-order valence-electron chi connectivity index (χ3n) is 4.95. The number of nitrogens with zero attached hydrogens (tertiary/aromatic N) is 1. The summed E-state index contributed by atoms with van der Waals surface area (Å²) >= 11 is 1.96. The Morgan fingerprint density at radius 1 is 0.840 bits per heavy atom. The van der Waals surface area contributed by atoms with Crippen LogP contribution in [0.4, 0.5) is 5.69 Å². The van der Waals surface area contributed by atoms with Crippen molar-refractivity contribution < 1.29 is 0 Å². The number of anilines is 1. The number of rotatable bonds is 5. The SMILES string of the molecule is C[C@@]1(CSc2ccccc2)CN(Cc2ccccc2)c2ccccc21. The van der Waals surface area contributed by atoms with E-state index in [0.29, 0.717) is 0 Å². The Bertz CT molecular complexity index is 831. The van der Waals surface area contributed by atoms with E-state index in [1.807, 2.05) is 11.8 Å². The van der Waals surface area contributed by atoms with Gasteiger partial charge >= 0.3 is 0 Å². The lowest BCUT2D eigenvalue weighted by Crippen LogP contribution is -2.32. The first-order valence-electron chi connectivity index (χ1n) is 8.81. The summed E-state index contributed by atoms with van der Waals surface area (Å²) in [6, 6.07) is 30.4. The van der Waals surface area contributed by atoms with Crippen LogP contribution in [-0.4, -0.2) is 12.3 Å². The molecule has 0 spiro atoms. The molecule has 2 heteroatoms. The molecule has 1 heterocycles. The van der Waals surface area contributed by atoms with Gasteiger partial charge in [0.15, 0.2) is 0 Å². The zero-order valence-electron chi connectivity index (χ0n) is 14.6. The quantitative estimate of drug-likeness (QED) is 0.541. The molecule has 3 aromatic carbocycles. The van der Waals surface area contributed by atoms with Crippen LogP contribution in [0.1, 0.15) is 18.1 Å². The summed E-state index contributed by atoms with van der Waals surface area (Å²) in [5, 5.41) is 0. The highest BCUT2D eigenvalue weighted by Gasteiger charge is 2.38. The molecule has 0 saturated heterocycles. The lowest BCUT2D eigenvalue weighted by atomic mass is 9.87. The van der Waals surface area contributed by atoms with Gasteiger partial charge in [-0.05, 0) is 29.3 Å². The highest BCUT2D eigenvalue weighted by molar-refractivity contribution is 7.99. The molecule has 0 amide bonds. The van der Waals surface area contributed by atoms with Crippen molar-refractivity contribution in [3.05, 3.63) is 96.1 Å². The lowest BCUT2D eigenvalue weighted by Gasteiger charge is -2.26. The molecule has 0 bridgehead atoms. The minimum Gasteiger partial charge on any atom is -0.366 e. The molecule has 126 valence electrons. The number of thioether (sulfide) groups is 1. The molecule has 1 nitrogen and oxygen atoms in total. The van der Waals surface area contributed by atoms with E-state index < -0.39 is 0 Å². The number of benzene rings is 3. The van der Waals surface area contributed by atoms with E-state index in [9.17, 15) is 0 Å². The third-order valence-corrected chi connectivity index (χ3v) is 6.34. The van der Waals surface area contributed by atoms with E-state index >= 15 is 0 Å². The van der Waals surface area contributed by atoms with E-state index in [4.69, 9.17) is 0 Å². The smallest absolute Gasteiger partial charge is 0.0429 e. The minimum absolute atomic E-state index is 0.173. The van der Waals surface area contributed by atoms with Crippen LogP contribution in [0.3, 0.4) is 0 Å². The molecule has 1 aliphatic rings. The molecule has 4 rings (SSSR count). The Morgan fingerprint density at radius 2 is 1.48 bits per heavy atom. The van der Waals surface area contributed by atoms with Gasteiger partial charge in [0.25, 0.3) is 0 Å². The second-order valence-corrected chi connectivity index (χ2v) is 8.07. The van der Waals surface area contributed by atoms with Gasteiger partial charge in [0.2, 0.25) is 0 Å². The van der Waals surface area contributed by atoms with Gasteiger partial charge in [0.1, 0.15) is 0 Å². The predicted molar refractivity (Wildman–Crippen MR) is 108 cm³/mol. The van der Waals surface area contributed by atoms with Crippen molar-refractivity contribution in [3.63, 3.8) is 0 Å². The highest BCUT2D eigenvalue weighted by atomic mass is 32.2. The fraction of sp³-hybridized carbons (Fsp3) is 0.217. The van der Waals surface area contributed by atoms with Gasteiger partial charge in [-0.2, -0.15) is 0 Å². The fourth-order valence-corrected chi connectivity index (χ4v) is 4.76. The summed E-state index contributed by atoms with van der Waals surface area (Å²) in [4.78, 5) is 3.89. The Balaban J connectivity index is 1.57. The third kappa shape index (κ3) is 3.45. The minimum atomic E-state index is 0.173. The molecule has 1 atom stereocenters. The van der Waals surface area contributed by atoms with Crippen molar-refractivity contribution >= 4 is 17.4 Å². The van der Waals surface area contributed by atoms with Gasteiger partial charge in [0, 0.05) is 34.8 Å². The first kappa shape index (κ1) is 16.3. The largest absolute Gasteiger partial charge is 0.366 e. The molecule has 3 aromatic rings. The molecule has 0 fully saturated rings. The second kappa shape index (κ2) is 6.97. The van der Waals surface area contributed by atoms with Gasteiger partial charge in [-0.25, -0.2) is 0 Å². The summed E-state index contributed by atoms with van der Waals surface area (Å²) in [6.45, 7) is 4.46. The van der Waals surface area contributed by atoms with Gasteiger partial charge in [-0.1, -0.05) is 73.7 Å². The fourth-order valence-electron chi connectivity index (χ4n) is 3.68. The van der Waals surface area contributed by atoms with Crippen molar-refractivity contribution in [2.24, 2.45) is 0 Å². The van der Waals surface area contributed by atoms with Crippen LogP contribution >= 0.6 is 11.8 Å². The topological polar surface area (TPSA) is 3.24 Å². The molecule has 25 heavy (non-hydrogen) atoms. The molecule has 0 N–H and O–H groups in total. The molecular weight excluding hydrogens is 322 g/mol. The maximum Gasteiger partial charge on any atom is 0.0429 e. The van der Waals surface area contributed by atoms with Crippen molar-refractivity contribution in [2.75, 3.05) is 17.2 Å². The molecular formula is C23H23NS. The van der Waals surface area contributed by atoms with Crippen molar-refractivity contribution in [1.82, 2.24) is 0 Å². The van der Waals surface area contributed by atoms with E-state index in [-0.39, 0.29) is 5.41 Å². The number of para-hydroxylation sites is 1. The molecule has 0 radical (unpaired) electrons. The number of hydrogen-bond acceptors (Lipinski definition) is 2. The van der Waals surface area contributed by atoms with Crippen LogP contribution < -0.4 is 4.90 Å². The Kier molecular flexibility index (Phi) is 4.54. The van der Waals surface area contributed by atoms with Crippen molar-refractivity contribution in [3.8, 4) is 0 Å². The summed E-state index contributed by atoms with van der Waals surface area (Å²) in [5.41, 5.74) is 4.42. The summed E-state index contributed by atoms with van der Waals surface area (Å²) in [6.07, 6.45) is 0. The Morgan fingerprint density at radius 3 is 2.24 bits per heavy atom. The molecule has 0 aromatic heterocycles. The second-order valence-electron chi connectivity index (χ2n) is 7.02. The molecule has 0 unspecified atom stereocenters. The highest BCUT2D eigenvalue weighted by Crippen LogP contribution is 2.44. The Labute approximate surface area is 154 Å². The van der Waals surface area contributed by atoms with E-state index in [1.54, 1.807) is 0 Å². The maximum atomic E-state index is 2.54. The normalized spacial score (nSPS) is 19.0. The van der Waals surface area contributed by atoms with Gasteiger partial charge < -0.3 is 4.90 Å². The van der Waals surface area contributed by atoms with E-state index in [1.165, 1.54) is 21.7 Å². The first-order chi connectivity index (χ1) is 12.2. The first-order valence-corrected chi connectivity index (χ1v) is 9.79. The van der Waals surface area contributed by atoms with Crippen LogP contribution in [0, 0.1) is 0 Å². The van der Waals surface area contributed by atoms with Crippen LogP contribution in [0.2, 0.25) is 0 Å². The monoisotopic (exact) mass is 345 g/mol. The van der Waals surface area contributed by atoms with Crippen molar-refractivity contribution in [2.45, 2.75) is 23.8 Å². The van der Waals surface area contributed by atoms with E-state index in [2.05, 4.69) is 96.8 Å². The number of fused-ring (bicyclic) bond motifs is 1. The van der Waals surface area contributed by atoms with Crippen LogP contribution in [-0.2, 0) is 12.0 Å². The Hall–Kier alpha value is -2.19. The lowest BCUT2D eigenvalue weighted by molar-refractivity contribution is 0.560. The van der Waals surface area contributed by atoms with Gasteiger partial charge in [-0.15, -0.1) is 11.8 Å². The molecule has 0 aliphatic carbocycles. The summed E-state index contributed by atoms with van der Waals surface area (Å²) < 4.78 is 0.